The van der Waals surface area contributed by atoms with Crippen LogP contribution < -0.4 is 15.7 Å². The molecule has 0 saturated heterocycles. The fourth-order valence-electron chi connectivity index (χ4n) is 3.34. The van der Waals surface area contributed by atoms with Crippen LogP contribution >= 0.6 is 0 Å². The van der Waals surface area contributed by atoms with Gasteiger partial charge in [-0.25, -0.2) is 23.7 Å². The Morgan fingerprint density at radius 1 is 1.09 bits per heavy atom. The first kappa shape index (κ1) is 22.7. The van der Waals surface area contributed by atoms with Gasteiger partial charge in [-0.15, -0.1) is 5.10 Å². The molecule has 0 bridgehead atoms. The average Bonchev–Trinajstić information content (AvgIpc) is 3.13. The van der Waals surface area contributed by atoms with Crippen LogP contribution in [0.4, 0.5) is 5.69 Å². The molecule has 0 atom stereocenters. The third-order valence-electron chi connectivity index (χ3n) is 5.22. The van der Waals surface area contributed by atoms with Crippen LogP contribution in [0.15, 0.2) is 59.7 Å². The minimum Gasteiger partial charge on any atom is -0.462 e. The molecule has 0 radical (unpaired) electrons. The van der Waals surface area contributed by atoms with Crippen LogP contribution in [0, 0.1) is 13.8 Å². The SMILES string of the molecule is CCOC(=O)c1ccccc1NC(=O)Cn1nc2c(Oc3cccc(C)c3C)nccn2c1=O. The van der Waals surface area contributed by atoms with E-state index in [1.54, 1.807) is 37.3 Å². The van der Waals surface area contributed by atoms with Gasteiger partial charge in [-0.05, 0) is 50.1 Å². The Kier molecular flexibility index (Phi) is 6.39. The van der Waals surface area contributed by atoms with Crippen molar-refractivity contribution in [3.63, 3.8) is 0 Å². The van der Waals surface area contributed by atoms with E-state index in [9.17, 15) is 14.4 Å². The first-order valence-electron chi connectivity index (χ1n) is 10.6. The Hall–Kier alpha value is -4.47. The summed E-state index contributed by atoms with van der Waals surface area (Å²) in [6.07, 6.45) is 2.88. The number of fused-ring (bicyclic) bond motifs is 1. The van der Waals surface area contributed by atoms with Gasteiger partial charge >= 0.3 is 11.7 Å². The van der Waals surface area contributed by atoms with Crippen LogP contribution in [0.3, 0.4) is 0 Å². The van der Waals surface area contributed by atoms with Crippen molar-refractivity contribution in [2.24, 2.45) is 0 Å². The quantitative estimate of drug-likeness (QED) is 0.420. The summed E-state index contributed by atoms with van der Waals surface area (Å²) in [6, 6.07) is 12.1. The zero-order valence-electron chi connectivity index (χ0n) is 18.9. The van der Waals surface area contributed by atoms with Crippen molar-refractivity contribution in [1.82, 2.24) is 19.2 Å². The molecule has 4 aromatic rings. The standard InChI is InChI=1S/C24H23N5O5/c1-4-33-23(31)17-9-5-6-10-18(17)26-20(30)14-29-24(32)28-13-12-25-22(21(28)27-29)34-19-11-7-8-15(2)16(19)3/h5-13H,4,14H2,1-3H3,(H,26,30). The molecule has 0 spiro atoms. The maximum Gasteiger partial charge on any atom is 0.351 e. The molecule has 2 aromatic heterocycles. The predicted octanol–water partition coefficient (Wildman–Crippen LogP) is 3.12. The van der Waals surface area contributed by atoms with Crippen LogP contribution in [-0.2, 0) is 16.1 Å². The third kappa shape index (κ3) is 4.51. The molecular weight excluding hydrogens is 438 g/mol. The van der Waals surface area contributed by atoms with Crippen molar-refractivity contribution in [3.05, 3.63) is 82.0 Å². The normalized spacial score (nSPS) is 10.8. The average molecular weight is 461 g/mol. The second kappa shape index (κ2) is 9.57. The summed E-state index contributed by atoms with van der Waals surface area (Å²) in [7, 11) is 0. The summed E-state index contributed by atoms with van der Waals surface area (Å²) in [6.45, 7) is 5.42. The fraction of sp³-hybridized carbons (Fsp3) is 0.208. The van der Waals surface area contributed by atoms with E-state index < -0.39 is 17.6 Å². The molecule has 0 aliphatic heterocycles. The van der Waals surface area contributed by atoms with E-state index in [1.807, 2.05) is 26.0 Å². The molecule has 0 saturated carbocycles. The fourth-order valence-corrected chi connectivity index (χ4v) is 3.34. The third-order valence-corrected chi connectivity index (χ3v) is 5.22. The summed E-state index contributed by atoms with van der Waals surface area (Å²) < 4.78 is 13.2. The minimum atomic E-state index is -0.553. The Morgan fingerprint density at radius 3 is 2.68 bits per heavy atom. The zero-order valence-corrected chi connectivity index (χ0v) is 18.9. The number of aryl methyl sites for hydroxylation is 1. The topological polar surface area (TPSA) is 117 Å². The largest absolute Gasteiger partial charge is 0.462 e. The molecule has 10 heteroatoms. The van der Waals surface area contributed by atoms with Crippen LogP contribution in [0.2, 0.25) is 0 Å². The Bertz CT molecular complexity index is 1440. The van der Waals surface area contributed by atoms with E-state index >= 15 is 0 Å². The number of benzene rings is 2. The first-order valence-corrected chi connectivity index (χ1v) is 10.6. The molecule has 1 amide bonds. The molecule has 34 heavy (non-hydrogen) atoms. The van der Waals surface area contributed by atoms with Crippen molar-refractivity contribution in [2.75, 3.05) is 11.9 Å². The van der Waals surface area contributed by atoms with Gasteiger partial charge in [0, 0.05) is 12.4 Å². The molecule has 0 fully saturated rings. The number of anilines is 1. The highest BCUT2D eigenvalue weighted by molar-refractivity contribution is 6.01. The summed E-state index contributed by atoms with van der Waals surface area (Å²) in [5.74, 6) is -0.356. The Labute approximate surface area is 194 Å². The molecule has 1 N–H and O–H groups in total. The van der Waals surface area contributed by atoms with Crippen molar-refractivity contribution in [2.45, 2.75) is 27.3 Å². The molecule has 10 nitrogen and oxygen atoms in total. The maximum absolute atomic E-state index is 12.8. The van der Waals surface area contributed by atoms with E-state index in [-0.39, 0.29) is 35.9 Å². The molecule has 2 aromatic carbocycles. The lowest BCUT2D eigenvalue weighted by Crippen LogP contribution is -2.28. The predicted molar refractivity (Wildman–Crippen MR) is 124 cm³/mol. The minimum absolute atomic E-state index is 0.139. The number of esters is 1. The summed E-state index contributed by atoms with van der Waals surface area (Å²) in [5.41, 5.74) is 2.13. The van der Waals surface area contributed by atoms with Gasteiger partial charge in [0.15, 0.2) is 0 Å². The van der Waals surface area contributed by atoms with Crippen molar-refractivity contribution < 1.29 is 19.1 Å². The molecule has 2 heterocycles. The highest BCUT2D eigenvalue weighted by atomic mass is 16.5. The Balaban J connectivity index is 1.59. The van der Waals surface area contributed by atoms with Gasteiger partial charge in [0.25, 0.3) is 5.88 Å². The number of rotatable bonds is 7. The number of ether oxygens (including phenoxy) is 2. The van der Waals surface area contributed by atoms with E-state index in [1.165, 1.54) is 16.8 Å². The maximum atomic E-state index is 12.8. The summed E-state index contributed by atoms with van der Waals surface area (Å²) in [5, 5.41) is 6.90. The second-order valence-corrected chi connectivity index (χ2v) is 7.48. The van der Waals surface area contributed by atoms with Gasteiger partial charge in [0.05, 0.1) is 17.9 Å². The number of amides is 1. The number of hydrogen-bond acceptors (Lipinski definition) is 7. The van der Waals surface area contributed by atoms with Gasteiger partial charge in [-0.1, -0.05) is 24.3 Å². The lowest BCUT2D eigenvalue weighted by atomic mass is 10.1. The van der Waals surface area contributed by atoms with E-state index in [2.05, 4.69) is 15.4 Å². The molecule has 0 aliphatic rings. The summed E-state index contributed by atoms with van der Waals surface area (Å²) in [4.78, 5) is 41.9. The lowest BCUT2D eigenvalue weighted by molar-refractivity contribution is -0.117. The lowest BCUT2D eigenvalue weighted by Gasteiger charge is -2.10. The molecule has 0 unspecified atom stereocenters. The van der Waals surface area contributed by atoms with E-state index in [0.717, 1.165) is 15.8 Å². The summed E-state index contributed by atoms with van der Waals surface area (Å²) >= 11 is 0. The monoisotopic (exact) mass is 461 g/mol. The number of aromatic nitrogens is 4. The van der Waals surface area contributed by atoms with Gasteiger partial charge in [0.1, 0.15) is 12.3 Å². The number of para-hydroxylation sites is 1. The highest BCUT2D eigenvalue weighted by Gasteiger charge is 2.18. The molecule has 0 aliphatic carbocycles. The van der Waals surface area contributed by atoms with E-state index in [0.29, 0.717) is 5.75 Å². The Morgan fingerprint density at radius 2 is 1.88 bits per heavy atom. The van der Waals surface area contributed by atoms with Crippen molar-refractivity contribution in [1.29, 1.82) is 0 Å². The van der Waals surface area contributed by atoms with Gasteiger partial charge in [0.2, 0.25) is 11.6 Å². The molecule has 4 rings (SSSR count). The number of nitrogens with zero attached hydrogens (tertiary/aromatic N) is 4. The van der Waals surface area contributed by atoms with Gasteiger partial charge in [-0.3, -0.25) is 4.79 Å². The number of carbonyl (C=O) groups is 2. The molecule has 174 valence electrons. The van der Waals surface area contributed by atoms with E-state index in [4.69, 9.17) is 9.47 Å². The van der Waals surface area contributed by atoms with Crippen LogP contribution in [0.25, 0.3) is 5.65 Å². The second-order valence-electron chi connectivity index (χ2n) is 7.48. The van der Waals surface area contributed by atoms with Crippen molar-refractivity contribution in [3.8, 4) is 11.6 Å². The van der Waals surface area contributed by atoms with Crippen LogP contribution in [-0.4, -0.2) is 37.6 Å². The zero-order chi connectivity index (χ0) is 24.2. The van der Waals surface area contributed by atoms with Crippen molar-refractivity contribution >= 4 is 23.2 Å². The van der Waals surface area contributed by atoms with Crippen LogP contribution in [0.1, 0.15) is 28.4 Å². The van der Waals surface area contributed by atoms with Gasteiger partial charge < -0.3 is 14.8 Å². The molecular formula is C24H23N5O5. The first-order chi connectivity index (χ1) is 16.4. The number of hydrogen-bond donors (Lipinski definition) is 1. The van der Waals surface area contributed by atoms with Crippen LogP contribution in [0.5, 0.6) is 11.6 Å². The number of nitrogens with one attached hydrogen (secondary N) is 1. The van der Waals surface area contributed by atoms with Gasteiger partial charge in [-0.2, -0.15) is 0 Å². The number of carbonyl (C=O) groups excluding carboxylic acids is 2. The smallest absolute Gasteiger partial charge is 0.351 e. The highest BCUT2D eigenvalue weighted by Crippen LogP contribution is 2.27.